The van der Waals surface area contributed by atoms with Crippen LogP contribution in [0, 0.1) is 17.1 Å². The van der Waals surface area contributed by atoms with Crippen LogP contribution in [0.25, 0.3) is 0 Å². The maximum absolute atomic E-state index is 13.2. The van der Waals surface area contributed by atoms with Gasteiger partial charge in [0.15, 0.2) is 11.5 Å². The van der Waals surface area contributed by atoms with Crippen molar-refractivity contribution in [3.05, 3.63) is 95.3 Å². The van der Waals surface area contributed by atoms with Crippen LogP contribution in [-0.2, 0) is 6.61 Å². The van der Waals surface area contributed by atoms with Gasteiger partial charge in [-0.05, 0) is 41.5 Å². The minimum atomic E-state index is -0.473. The summed E-state index contributed by atoms with van der Waals surface area (Å²) in [7, 11) is 1.55. The second-order valence-electron chi connectivity index (χ2n) is 8.05. The minimum Gasteiger partial charge on any atom is -0.493 e. The SMILES string of the molecule is COc1cc(C(=O)N2CCN(C(C#N)c3ccc(F)cc3)CC2)ccc1OCc1ccccc1. The van der Waals surface area contributed by atoms with Gasteiger partial charge in [-0.3, -0.25) is 9.69 Å². The molecule has 1 atom stereocenters. The molecule has 0 radical (unpaired) electrons. The van der Waals surface area contributed by atoms with E-state index in [1.807, 2.05) is 35.2 Å². The highest BCUT2D eigenvalue weighted by Crippen LogP contribution is 2.30. The summed E-state index contributed by atoms with van der Waals surface area (Å²) in [4.78, 5) is 16.9. The van der Waals surface area contributed by atoms with Crippen molar-refractivity contribution in [2.24, 2.45) is 0 Å². The number of carbonyl (C=O) groups is 1. The Hall–Kier alpha value is -3.89. The second kappa shape index (κ2) is 10.8. The van der Waals surface area contributed by atoms with Crippen LogP contribution >= 0.6 is 0 Å². The summed E-state index contributed by atoms with van der Waals surface area (Å²) in [5.41, 5.74) is 2.31. The van der Waals surface area contributed by atoms with Gasteiger partial charge in [-0.25, -0.2) is 4.39 Å². The van der Waals surface area contributed by atoms with Gasteiger partial charge in [0, 0.05) is 31.7 Å². The van der Waals surface area contributed by atoms with Crippen LogP contribution in [0.15, 0.2) is 72.8 Å². The Balaban J connectivity index is 1.38. The lowest BCUT2D eigenvalue weighted by molar-refractivity contribution is 0.0606. The zero-order chi connectivity index (χ0) is 23.9. The standard InChI is InChI=1S/C27H26FN3O3/c1-33-26-17-22(9-12-25(26)34-19-20-5-3-2-4-6-20)27(32)31-15-13-30(14-16-31)24(18-29)21-7-10-23(28)11-8-21/h2-12,17,24H,13-16,19H2,1H3. The van der Waals surface area contributed by atoms with E-state index in [1.54, 1.807) is 42.3 Å². The molecule has 3 aromatic carbocycles. The first kappa shape index (κ1) is 23.3. The molecule has 0 saturated carbocycles. The van der Waals surface area contributed by atoms with Crippen molar-refractivity contribution >= 4 is 5.91 Å². The molecule has 0 aliphatic carbocycles. The summed E-state index contributed by atoms with van der Waals surface area (Å²) >= 11 is 0. The number of carbonyl (C=O) groups excluding carboxylic acids is 1. The Morgan fingerprint density at radius 3 is 2.35 bits per heavy atom. The minimum absolute atomic E-state index is 0.0946. The van der Waals surface area contributed by atoms with Gasteiger partial charge in [0.2, 0.25) is 0 Å². The number of hydrogen-bond donors (Lipinski definition) is 0. The van der Waals surface area contributed by atoms with Gasteiger partial charge >= 0.3 is 0 Å². The third-order valence-electron chi connectivity index (χ3n) is 5.92. The fourth-order valence-corrected chi connectivity index (χ4v) is 4.03. The number of halogens is 1. The molecule has 7 heteroatoms. The number of methoxy groups -OCH3 is 1. The van der Waals surface area contributed by atoms with Crippen molar-refractivity contribution in [2.45, 2.75) is 12.6 Å². The Kier molecular flexibility index (Phi) is 7.41. The average molecular weight is 460 g/mol. The summed E-state index contributed by atoms with van der Waals surface area (Å²) in [5.74, 6) is 0.649. The number of rotatable bonds is 7. The summed E-state index contributed by atoms with van der Waals surface area (Å²) in [5, 5.41) is 9.66. The van der Waals surface area contributed by atoms with Crippen molar-refractivity contribution in [3.8, 4) is 17.6 Å². The molecule has 3 aromatic rings. The number of benzene rings is 3. The number of nitrogens with zero attached hydrogens (tertiary/aromatic N) is 3. The first-order valence-electron chi connectivity index (χ1n) is 11.1. The molecule has 1 unspecified atom stereocenters. The van der Waals surface area contributed by atoms with E-state index in [1.165, 1.54) is 12.1 Å². The molecule has 1 heterocycles. The van der Waals surface area contributed by atoms with Gasteiger partial charge in [-0.1, -0.05) is 42.5 Å². The zero-order valence-corrected chi connectivity index (χ0v) is 19.0. The van der Waals surface area contributed by atoms with Crippen LogP contribution in [0.3, 0.4) is 0 Å². The molecule has 0 aromatic heterocycles. The second-order valence-corrected chi connectivity index (χ2v) is 8.05. The van der Waals surface area contributed by atoms with E-state index in [2.05, 4.69) is 6.07 Å². The molecular weight excluding hydrogens is 433 g/mol. The van der Waals surface area contributed by atoms with E-state index in [-0.39, 0.29) is 11.7 Å². The van der Waals surface area contributed by atoms with Gasteiger partial charge in [-0.2, -0.15) is 5.26 Å². The molecule has 1 aliphatic heterocycles. The predicted octanol–water partition coefficient (Wildman–Crippen LogP) is 4.44. The van der Waals surface area contributed by atoms with Crippen molar-refractivity contribution in [3.63, 3.8) is 0 Å². The smallest absolute Gasteiger partial charge is 0.254 e. The number of nitriles is 1. The van der Waals surface area contributed by atoms with E-state index >= 15 is 0 Å². The Bertz CT molecular complexity index is 1150. The van der Waals surface area contributed by atoms with Gasteiger partial charge in [-0.15, -0.1) is 0 Å². The molecule has 1 amide bonds. The normalized spacial score (nSPS) is 14.8. The van der Waals surface area contributed by atoms with Gasteiger partial charge in [0.05, 0.1) is 13.2 Å². The fourth-order valence-electron chi connectivity index (χ4n) is 4.03. The monoisotopic (exact) mass is 459 g/mol. The molecule has 1 saturated heterocycles. The average Bonchev–Trinajstić information content (AvgIpc) is 2.89. The lowest BCUT2D eigenvalue weighted by Crippen LogP contribution is -2.49. The molecule has 34 heavy (non-hydrogen) atoms. The predicted molar refractivity (Wildman–Crippen MR) is 126 cm³/mol. The van der Waals surface area contributed by atoms with Crippen LogP contribution in [0.5, 0.6) is 11.5 Å². The Labute approximate surface area is 198 Å². The van der Waals surface area contributed by atoms with E-state index in [0.717, 1.165) is 11.1 Å². The highest BCUT2D eigenvalue weighted by Gasteiger charge is 2.28. The zero-order valence-electron chi connectivity index (χ0n) is 19.0. The number of hydrogen-bond acceptors (Lipinski definition) is 5. The first-order valence-corrected chi connectivity index (χ1v) is 11.1. The number of ether oxygens (including phenoxy) is 2. The van der Waals surface area contributed by atoms with Crippen LogP contribution in [0.1, 0.15) is 27.5 Å². The fraction of sp³-hybridized carbons (Fsp3) is 0.259. The molecule has 0 spiro atoms. The third kappa shape index (κ3) is 5.36. The summed E-state index contributed by atoms with van der Waals surface area (Å²) in [6.07, 6.45) is 0. The molecule has 0 N–H and O–H groups in total. The Morgan fingerprint density at radius 2 is 1.71 bits per heavy atom. The van der Waals surface area contributed by atoms with Crippen LogP contribution in [0.2, 0.25) is 0 Å². The molecule has 1 fully saturated rings. The van der Waals surface area contributed by atoms with E-state index < -0.39 is 6.04 Å². The molecule has 1 aliphatic rings. The number of amides is 1. The van der Waals surface area contributed by atoms with E-state index in [9.17, 15) is 14.4 Å². The van der Waals surface area contributed by atoms with Crippen molar-refractivity contribution in [1.29, 1.82) is 5.26 Å². The highest BCUT2D eigenvalue weighted by atomic mass is 19.1. The van der Waals surface area contributed by atoms with Crippen LogP contribution in [-0.4, -0.2) is 49.0 Å². The summed E-state index contributed by atoms with van der Waals surface area (Å²) in [6.45, 7) is 2.49. The topological polar surface area (TPSA) is 65.8 Å². The van der Waals surface area contributed by atoms with Gasteiger partial charge in [0.1, 0.15) is 18.5 Å². The molecule has 4 rings (SSSR count). The van der Waals surface area contributed by atoms with Crippen LogP contribution < -0.4 is 9.47 Å². The molecule has 0 bridgehead atoms. The maximum Gasteiger partial charge on any atom is 0.254 e. The highest BCUT2D eigenvalue weighted by molar-refractivity contribution is 5.95. The number of piperazine rings is 1. The lowest BCUT2D eigenvalue weighted by atomic mass is 10.1. The summed E-state index contributed by atoms with van der Waals surface area (Å²) in [6, 6.07) is 22.8. The van der Waals surface area contributed by atoms with Gasteiger partial charge < -0.3 is 14.4 Å². The van der Waals surface area contributed by atoms with E-state index in [0.29, 0.717) is 49.8 Å². The van der Waals surface area contributed by atoms with Crippen molar-refractivity contribution in [2.75, 3.05) is 33.3 Å². The summed E-state index contributed by atoms with van der Waals surface area (Å²) < 4.78 is 24.6. The van der Waals surface area contributed by atoms with Crippen LogP contribution in [0.4, 0.5) is 4.39 Å². The van der Waals surface area contributed by atoms with Crippen molar-refractivity contribution < 1.29 is 18.7 Å². The molecule has 6 nitrogen and oxygen atoms in total. The maximum atomic E-state index is 13.2. The Morgan fingerprint density at radius 1 is 1.00 bits per heavy atom. The molecule has 174 valence electrons. The van der Waals surface area contributed by atoms with Crippen molar-refractivity contribution in [1.82, 2.24) is 9.80 Å². The largest absolute Gasteiger partial charge is 0.493 e. The molecular formula is C27H26FN3O3. The third-order valence-corrected chi connectivity index (χ3v) is 5.92. The lowest BCUT2D eigenvalue weighted by Gasteiger charge is -2.37. The quantitative estimate of drug-likeness (QED) is 0.523. The first-order chi connectivity index (χ1) is 16.6. The van der Waals surface area contributed by atoms with Gasteiger partial charge in [0.25, 0.3) is 5.91 Å². The van der Waals surface area contributed by atoms with E-state index in [4.69, 9.17) is 9.47 Å².